The number of carbonyl (C=O) groups is 1. The number of allylic oxidation sites excluding steroid dienone is 1. The third-order valence-electron chi connectivity index (χ3n) is 5.77. The molecule has 5 atom stereocenters. The maximum absolute atomic E-state index is 11.3. The highest BCUT2D eigenvalue weighted by molar-refractivity contribution is 5.66. The van der Waals surface area contributed by atoms with Crippen molar-refractivity contribution in [2.24, 2.45) is 17.3 Å². The van der Waals surface area contributed by atoms with Gasteiger partial charge in [0.1, 0.15) is 11.7 Å². The highest BCUT2D eigenvalue weighted by atomic mass is 16.6. The van der Waals surface area contributed by atoms with Gasteiger partial charge in [-0.2, -0.15) is 0 Å². The predicted octanol–water partition coefficient (Wildman–Crippen LogP) is 3.46. The maximum Gasteiger partial charge on any atom is 0.303 e. The average molecular weight is 280 g/mol. The first kappa shape index (κ1) is 15.6. The van der Waals surface area contributed by atoms with Crippen molar-refractivity contribution in [2.75, 3.05) is 0 Å². The van der Waals surface area contributed by atoms with Crippen molar-refractivity contribution < 1.29 is 14.6 Å². The van der Waals surface area contributed by atoms with Gasteiger partial charge in [-0.05, 0) is 63.2 Å². The lowest BCUT2D eigenvalue weighted by molar-refractivity contribution is -0.203. The molecule has 3 heteroatoms. The van der Waals surface area contributed by atoms with E-state index in [-0.39, 0.29) is 23.4 Å². The minimum absolute atomic E-state index is 0.159. The van der Waals surface area contributed by atoms with E-state index < -0.39 is 5.60 Å². The fourth-order valence-electron chi connectivity index (χ4n) is 4.41. The molecular formula is C17H28O3. The Bertz CT molecular complexity index is 412. The smallest absolute Gasteiger partial charge is 0.303 e. The van der Waals surface area contributed by atoms with Crippen molar-refractivity contribution in [3.05, 3.63) is 12.2 Å². The lowest BCUT2D eigenvalue weighted by atomic mass is 9.52. The van der Waals surface area contributed by atoms with Crippen molar-refractivity contribution in [1.29, 1.82) is 0 Å². The molecule has 0 aliphatic heterocycles. The Morgan fingerprint density at radius 1 is 1.25 bits per heavy atom. The zero-order valence-electron chi connectivity index (χ0n) is 13.2. The molecule has 0 spiro atoms. The van der Waals surface area contributed by atoms with E-state index in [4.69, 9.17) is 4.74 Å². The number of ether oxygens (including phenoxy) is 1. The topological polar surface area (TPSA) is 46.5 Å². The number of rotatable bonds is 2. The Balaban J connectivity index is 2.24. The monoisotopic (exact) mass is 280 g/mol. The average Bonchev–Trinajstić information content (AvgIpc) is 2.32. The van der Waals surface area contributed by atoms with E-state index in [2.05, 4.69) is 20.4 Å². The molecule has 2 saturated carbocycles. The van der Waals surface area contributed by atoms with Crippen molar-refractivity contribution in [1.82, 2.24) is 0 Å². The van der Waals surface area contributed by atoms with Gasteiger partial charge in [-0.15, -0.1) is 0 Å². The molecule has 2 fully saturated rings. The summed E-state index contributed by atoms with van der Waals surface area (Å²) in [7, 11) is 0. The molecule has 0 aromatic carbocycles. The lowest BCUT2D eigenvalue weighted by Gasteiger charge is -2.56. The summed E-state index contributed by atoms with van der Waals surface area (Å²) in [6.07, 6.45) is 4.65. The lowest BCUT2D eigenvalue weighted by Crippen LogP contribution is -2.59. The SMILES string of the molecule is C=C(C)[C@H]1CC[C@@]2(C)CC[C@H](OC(C)=O)[C@@](C)(O)[C@@H]2C1. The van der Waals surface area contributed by atoms with Gasteiger partial charge in [0.25, 0.3) is 0 Å². The molecule has 2 rings (SSSR count). The van der Waals surface area contributed by atoms with E-state index in [1.807, 2.05) is 6.92 Å². The second-order valence-electron chi connectivity index (χ2n) is 7.39. The standard InChI is InChI=1S/C17H28O3/c1-11(2)13-6-8-16(4)9-7-15(20-12(3)18)17(5,19)14(16)10-13/h13-15,19H,1,6-10H2,2-5H3/t13-,14+,15-,16-,17-/m0/s1. The van der Waals surface area contributed by atoms with E-state index in [9.17, 15) is 9.90 Å². The molecule has 0 radical (unpaired) electrons. The fraction of sp³-hybridized carbons (Fsp3) is 0.824. The van der Waals surface area contributed by atoms with Gasteiger partial charge in [-0.25, -0.2) is 0 Å². The number of aliphatic hydroxyl groups is 1. The van der Waals surface area contributed by atoms with E-state index in [0.717, 1.165) is 32.1 Å². The van der Waals surface area contributed by atoms with Crippen LogP contribution in [0.2, 0.25) is 0 Å². The molecule has 0 amide bonds. The molecule has 114 valence electrons. The minimum atomic E-state index is -0.938. The van der Waals surface area contributed by atoms with Crippen molar-refractivity contribution in [2.45, 2.75) is 71.5 Å². The van der Waals surface area contributed by atoms with E-state index >= 15 is 0 Å². The van der Waals surface area contributed by atoms with Gasteiger partial charge < -0.3 is 9.84 Å². The summed E-state index contributed by atoms with van der Waals surface area (Å²) in [5.74, 6) is 0.352. The van der Waals surface area contributed by atoms with Crippen LogP contribution in [-0.4, -0.2) is 22.8 Å². The Morgan fingerprint density at radius 3 is 2.40 bits per heavy atom. The number of hydrogen-bond acceptors (Lipinski definition) is 3. The van der Waals surface area contributed by atoms with Gasteiger partial charge in [0.05, 0.1) is 0 Å². The van der Waals surface area contributed by atoms with Gasteiger partial charge in [0.15, 0.2) is 0 Å². The Labute approximate surface area is 122 Å². The summed E-state index contributed by atoms with van der Waals surface area (Å²) in [5.41, 5.74) is 0.427. The Morgan fingerprint density at radius 2 is 1.85 bits per heavy atom. The van der Waals surface area contributed by atoms with Gasteiger partial charge >= 0.3 is 5.97 Å². The molecule has 0 aromatic rings. The van der Waals surface area contributed by atoms with E-state index in [1.54, 1.807) is 0 Å². The number of esters is 1. The van der Waals surface area contributed by atoms with Crippen LogP contribution in [0.25, 0.3) is 0 Å². The summed E-state index contributed by atoms with van der Waals surface area (Å²) < 4.78 is 5.38. The normalized spacial score (nSPS) is 44.5. The van der Waals surface area contributed by atoms with Crippen molar-refractivity contribution >= 4 is 5.97 Å². The number of fused-ring (bicyclic) bond motifs is 1. The molecule has 0 saturated heterocycles. The second kappa shape index (κ2) is 5.18. The van der Waals surface area contributed by atoms with Crippen LogP contribution in [0, 0.1) is 17.3 Å². The quantitative estimate of drug-likeness (QED) is 0.622. The molecule has 1 N–H and O–H groups in total. The fourth-order valence-corrected chi connectivity index (χ4v) is 4.41. The van der Waals surface area contributed by atoms with Crippen molar-refractivity contribution in [3.8, 4) is 0 Å². The van der Waals surface area contributed by atoms with Crippen LogP contribution in [0.4, 0.5) is 0 Å². The highest BCUT2D eigenvalue weighted by Crippen LogP contribution is 2.56. The van der Waals surface area contributed by atoms with Crippen LogP contribution in [0.3, 0.4) is 0 Å². The first-order valence-electron chi connectivity index (χ1n) is 7.72. The molecule has 0 bridgehead atoms. The van der Waals surface area contributed by atoms with Crippen LogP contribution in [0.15, 0.2) is 12.2 Å². The van der Waals surface area contributed by atoms with Crippen LogP contribution in [0.5, 0.6) is 0 Å². The third-order valence-corrected chi connectivity index (χ3v) is 5.77. The summed E-state index contributed by atoms with van der Waals surface area (Å²) >= 11 is 0. The van der Waals surface area contributed by atoms with Crippen LogP contribution in [0.1, 0.15) is 59.8 Å². The van der Waals surface area contributed by atoms with Gasteiger partial charge in [-0.3, -0.25) is 4.79 Å². The summed E-state index contributed by atoms with van der Waals surface area (Å²) in [6.45, 7) is 11.7. The molecular weight excluding hydrogens is 252 g/mol. The van der Waals surface area contributed by atoms with Crippen LogP contribution in [-0.2, 0) is 9.53 Å². The maximum atomic E-state index is 11.3. The summed E-state index contributed by atoms with van der Waals surface area (Å²) in [5, 5.41) is 11.0. The van der Waals surface area contributed by atoms with Gasteiger partial charge in [0.2, 0.25) is 0 Å². The van der Waals surface area contributed by atoms with E-state index in [0.29, 0.717) is 5.92 Å². The largest absolute Gasteiger partial charge is 0.459 e. The molecule has 0 aromatic heterocycles. The molecule has 3 nitrogen and oxygen atoms in total. The van der Waals surface area contributed by atoms with E-state index in [1.165, 1.54) is 12.5 Å². The second-order valence-corrected chi connectivity index (χ2v) is 7.39. The number of hydrogen-bond donors (Lipinski definition) is 1. The Kier molecular flexibility index (Phi) is 4.03. The summed E-state index contributed by atoms with van der Waals surface area (Å²) in [6, 6.07) is 0. The summed E-state index contributed by atoms with van der Waals surface area (Å²) in [4.78, 5) is 11.3. The van der Waals surface area contributed by atoms with Gasteiger partial charge in [-0.1, -0.05) is 19.1 Å². The van der Waals surface area contributed by atoms with Crippen LogP contribution >= 0.6 is 0 Å². The zero-order chi connectivity index (χ0) is 15.1. The molecule has 2 aliphatic rings. The molecule has 0 unspecified atom stereocenters. The minimum Gasteiger partial charge on any atom is -0.459 e. The molecule has 2 aliphatic carbocycles. The molecule has 0 heterocycles. The number of carbonyl (C=O) groups excluding carboxylic acids is 1. The first-order chi connectivity index (χ1) is 9.17. The first-order valence-corrected chi connectivity index (χ1v) is 7.72. The molecule has 20 heavy (non-hydrogen) atoms. The van der Waals surface area contributed by atoms with Gasteiger partial charge in [0, 0.05) is 6.92 Å². The predicted molar refractivity (Wildman–Crippen MR) is 79.2 cm³/mol. The zero-order valence-corrected chi connectivity index (χ0v) is 13.2. The highest BCUT2D eigenvalue weighted by Gasteiger charge is 2.56. The van der Waals surface area contributed by atoms with Crippen molar-refractivity contribution in [3.63, 3.8) is 0 Å². The third kappa shape index (κ3) is 2.65. The van der Waals surface area contributed by atoms with Crippen LogP contribution < -0.4 is 0 Å². The Hall–Kier alpha value is -0.830.